The second-order valence-corrected chi connectivity index (χ2v) is 4.92. The van der Waals surface area contributed by atoms with Crippen molar-refractivity contribution in [1.82, 2.24) is 19.9 Å². The Balaban J connectivity index is 1.92. The molecule has 0 bridgehead atoms. The number of nitrogens with two attached hydrogens (primary N) is 1. The predicted octanol–water partition coefficient (Wildman–Crippen LogP) is 2.39. The molecule has 0 saturated carbocycles. The molecule has 2 aromatic heterocycles. The smallest absolute Gasteiger partial charge is 0.195 e. The van der Waals surface area contributed by atoms with E-state index in [4.69, 9.17) is 5.73 Å². The molecule has 0 aliphatic rings. The average molecular weight is 257 g/mol. The topological polar surface area (TPSA) is 80.5 Å². The van der Waals surface area contributed by atoms with Crippen molar-refractivity contribution in [3.8, 4) is 0 Å². The van der Waals surface area contributed by atoms with E-state index < -0.39 is 0 Å². The van der Waals surface area contributed by atoms with E-state index in [-0.39, 0.29) is 0 Å². The first kappa shape index (κ1) is 11.0. The van der Waals surface area contributed by atoms with Crippen LogP contribution in [0.2, 0.25) is 0 Å². The third kappa shape index (κ3) is 2.14. The number of aryl methyl sites for hydroxylation is 1. The summed E-state index contributed by atoms with van der Waals surface area (Å²) in [5.41, 5.74) is 9.29. The molecule has 90 valence electrons. The van der Waals surface area contributed by atoms with E-state index in [2.05, 4.69) is 19.9 Å². The molecule has 0 aliphatic carbocycles. The van der Waals surface area contributed by atoms with Gasteiger partial charge in [-0.15, -0.1) is 0 Å². The fourth-order valence-corrected chi connectivity index (χ4v) is 2.26. The van der Waals surface area contributed by atoms with E-state index >= 15 is 0 Å². The first-order valence-corrected chi connectivity index (χ1v) is 6.24. The van der Waals surface area contributed by atoms with Gasteiger partial charge in [-0.1, -0.05) is 0 Å². The van der Waals surface area contributed by atoms with E-state index in [1.807, 2.05) is 25.1 Å². The number of nitrogen functional groups attached to an aromatic ring is 1. The molecular formula is C12H11N5S. The number of rotatable bonds is 2. The molecule has 0 radical (unpaired) electrons. The van der Waals surface area contributed by atoms with E-state index in [1.165, 1.54) is 11.8 Å². The largest absolute Gasteiger partial charge is 0.399 e. The maximum absolute atomic E-state index is 5.72. The van der Waals surface area contributed by atoms with Gasteiger partial charge in [0.2, 0.25) is 0 Å². The Hall–Kier alpha value is -2.08. The second kappa shape index (κ2) is 4.30. The number of H-pyrrole nitrogens is 1. The summed E-state index contributed by atoms with van der Waals surface area (Å²) < 4.78 is 0. The number of benzene rings is 1. The van der Waals surface area contributed by atoms with Crippen molar-refractivity contribution in [3.63, 3.8) is 0 Å². The number of nitrogens with one attached hydrogen (secondary N) is 1. The molecule has 0 spiro atoms. The van der Waals surface area contributed by atoms with E-state index in [1.54, 1.807) is 12.4 Å². The van der Waals surface area contributed by atoms with Crippen LogP contribution in [0, 0.1) is 6.92 Å². The van der Waals surface area contributed by atoms with Crippen LogP contribution >= 0.6 is 11.8 Å². The van der Waals surface area contributed by atoms with Crippen molar-refractivity contribution >= 4 is 28.5 Å². The molecule has 3 aromatic rings. The molecule has 5 nitrogen and oxygen atoms in total. The van der Waals surface area contributed by atoms with E-state index in [0.717, 1.165) is 21.8 Å². The molecule has 0 saturated heterocycles. The van der Waals surface area contributed by atoms with Gasteiger partial charge >= 0.3 is 0 Å². The summed E-state index contributed by atoms with van der Waals surface area (Å²) in [6, 6.07) is 5.59. The Bertz CT molecular complexity index is 689. The molecule has 1 aromatic carbocycles. The third-order valence-corrected chi connectivity index (χ3v) is 3.21. The van der Waals surface area contributed by atoms with Crippen molar-refractivity contribution < 1.29 is 0 Å². The van der Waals surface area contributed by atoms with Gasteiger partial charge in [0.15, 0.2) is 10.3 Å². The van der Waals surface area contributed by atoms with Crippen LogP contribution in [0.4, 0.5) is 5.69 Å². The summed E-state index contributed by atoms with van der Waals surface area (Å²) in [4.78, 5) is 16.1. The lowest BCUT2D eigenvalue weighted by atomic mass is 10.3. The molecule has 3 rings (SSSR count). The van der Waals surface area contributed by atoms with Crippen LogP contribution in [-0.2, 0) is 0 Å². The molecule has 6 heteroatoms. The Kier molecular flexibility index (Phi) is 2.64. The number of anilines is 1. The average Bonchev–Trinajstić information content (AvgIpc) is 2.73. The highest BCUT2D eigenvalue weighted by Gasteiger charge is 2.06. The highest BCUT2D eigenvalue weighted by Crippen LogP contribution is 2.24. The van der Waals surface area contributed by atoms with E-state index in [0.29, 0.717) is 10.8 Å². The molecule has 2 heterocycles. The Morgan fingerprint density at radius 1 is 1.22 bits per heavy atom. The zero-order chi connectivity index (χ0) is 12.5. The normalized spacial score (nSPS) is 10.9. The van der Waals surface area contributed by atoms with Gasteiger partial charge in [0, 0.05) is 18.1 Å². The molecule has 18 heavy (non-hydrogen) atoms. The van der Waals surface area contributed by atoms with Crippen molar-refractivity contribution in [1.29, 1.82) is 0 Å². The van der Waals surface area contributed by atoms with Crippen molar-refractivity contribution in [2.24, 2.45) is 0 Å². The predicted molar refractivity (Wildman–Crippen MR) is 71.4 cm³/mol. The Morgan fingerprint density at radius 2 is 2.00 bits per heavy atom. The number of hydrogen-bond acceptors (Lipinski definition) is 5. The monoisotopic (exact) mass is 257 g/mol. The van der Waals surface area contributed by atoms with Gasteiger partial charge in [0.05, 0.1) is 11.0 Å². The van der Waals surface area contributed by atoms with Gasteiger partial charge in [-0.25, -0.2) is 15.0 Å². The number of aromatic nitrogens is 4. The second-order valence-electron chi connectivity index (χ2n) is 3.96. The zero-order valence-electron chi connectivity index (χ0n) is 9.71. The van der Waals surface area contributed by atoms with Gasteiger partial charge in [0.25, 0.3) is 0 Å². The maximum atomic E-state index is 5.72. The molecule has 0 amide bonds. The first-order chi connectivity index (χ1) is 8.70. The summed E-state index contributed by atoms with van der Waals surface area (Å²) in [5, 5.41) is 1.44. The minimum Gasteiger partial charge on any atom is -0.399 e. The third-order valence-electron chi connectivity index (χ3n) is 2.43. The van der Waals surface area contributed by atoms with Gasteiger partial charge < -0.3 is 10.7 Å². The van der Waals surface area contributed by atoms with Gasteiger partial charge in [-0.05, 0) is 42.4 Å². The first-order valence-electron chi connectivity index (χ1n) is 5.42. The maximum Gasteiger partial charge on any atom is 0.195 e. The number of imidazole rings is 1. The van der Waals surface area contributed by atoms with Crippen LogP contribution in [0.1, 0.15) is 5.56 Å². The van der Waals surface area contributed by atoms with E-state index in [9.17, 15) is 0 Å². The molecule has 3 N–H and O–H groups in total. The molecule has 0 fully saturated rings. The van der Waals surface area contributed by atoms with Crippen molar-refractivity contribution in [2.75, 3.05) is 5.73 Å². The van der Waals surface area contributed by atoms with Crippen molar-refractivity contribution in [3.05, 3.63) is 36.2 Å². The van der Waals surface area contributed by atoms with Gasteiger partial charge in [-0.2, -0.15) is 0 Å². The minimum absolute atomic E-state index is 0.674. The standard InChI is InChI=1S/C12H11N5S/c1-7-5-14-11(15-6-7)18-12-16-9-3-2-8(13)4-10(9)17-12/h2-6H,13H2,1H3,(H,16,17). The molecular weight excluding hydrogens is 246 g/mol. The highest BCUT2D eigenvalue weighted by atomic mass is 32.2. The highest BCUT2D eigenvalue weighted by molar-refractivity contribution is 7.99. The lowest BCUT2D eigenvalue weighted by molar-refractivity contribution is 0.939. The molecule has 0 aliphatic heterocycles. The SMILES string of the molecule is Cc1cnc(Sc2nc3ccc(N)cc3[nH]2)nc1. The minimum atomic E-state index is 0.674. The van der Waals surface area contributed by atoms with Crippen LogP contribution in [0.15, 0.2) is 40.9 Å². The molecule has 0 atom stereocenters. The summed E-state index contributed by atoms with van der Waals surface area (Å²) >= 11 is 1.40. The quantitative estimate of drug-likeness (QED) is 0.544. The van der Waals surface area contributed by atoms with Gasteiger partial charge in [0.1, 0.15) is 0 Å². The number of fused-ring (bicyclic) bond motifs is 1. The van der Waals surface area contributed by atoms with Crippen LogP contribution in [0.25, 0.3) is 11.0 Å². The number of hydrogen-bond donors (Lipinski definition) is 2. The van der Waals surface area contributed by atoms with Crippen molar-refractivity contribution in [2.45, 2.75) is 17.2 Å². The Morgan fingerprint density at radius 3 is 2.78 bits per heavy atom. The van der Waals surface area contributed by atoms with Crippen LogP contribution in [-0.4, -0.2) is 19.9 Å². The summed E-state index contributed by atoms with van der Waals surface area (Å²) in [7, 11) is 0. The fraction of sp³-hybridized carbons (Fsp3) is 0.0833. The van der Waals surface area contributed by atoms with Crippen LogP contribution < -0.4 is 5.73 Å². The zero-order valence-corrected chi connectivity index (χ0v) is 10.5. The lowest BCUT2D eigenvalue weighted by Gasteiger charge is -1.95. The molecule has 0 unspecified atom stereocenters. The van der Waals surface area contributed by atoms with Gasteiger partial charge in [-0.3, -0.25) is 0 Å². The number of aromatic amines is 1. The summed E-state index contributed by atoms with van der Waals surface area (Å²) in [6.07, 6.45) is 3.58. The summed E-state index contributed by atoms with van der Waals surface area (Å²) in [6.45, 7) is 1.96. The summed E-state index contributed by atoms with van der Waals surface area (Å²) in [5.74, 6) is 0. The fourth-order valence-electron chi connectivity index (χ4n) is 1.57. The number of nitrogens with zero attached hydrogens (tertiary/aromatic N) is 3. The Labute approximate surface area is 108 Å². The lowest BCUT2D eigenvalue weighted by Crippen LogP contribution is -1.86. The van der Waals surface area contributed by atoms with Crippen LogP contribution in [0.3, 0.4) is 0 Å². The van der Waals surface area contributed by atoms with Crippen LogP contribution in [0.5, 0.6) is 0 Å².